The van der Waals surface area contributed by atoms with Crippen LogP contribution in [0.3, 0.4) is 0 Å². The van der Waals surface area contributed by atoms with E-state index in [4.69, 9.17) is 4.42 Å². The van der Waals surface area contributed by atoms with Gasteiger partial charge in [0.05, 0.1) is 5.69 Å². The number of carbonyl (C=O) groups is 1. The third kappa shape index (κ3) is 2.89. The van der Waals surface area contributed by atoms with Crippen molar-refractivity contribution in [2.75, 3.05) is 5.32 Å². The predicted molar refractivity (Wildman–Crippen MR) is 73.4 cm³/mol. The van der Waals surface area contributed by atoms with Crippen LogP contribution in [-0.2, 0) is 11.2 Å². The predicted octanol–water partition coefficient (Wildman–Crippen LogP) is 2.54. The third-order valence-electron chi connectivity index (χ3n) is 3.64. The largest absolute Gasteiger partial charge is 0.448 e. The number of nitrogens with zero attached hydrogens (tertiary/aromatic N) is 2. The summed E-state index contributed by atoms with van der Waals surface area (Å²) in [5, 5.41) is 9.92. The zero-order chi connectivity index (χ0) is 13.9. The monoisotopic (exact) mass is 274 g/mol. The van der Waals surface area contributed by atoms with Crippen molar-refractivity contribution in [2.45, 2.75) is 44.9 Å². The molecule has 20 heavy (non-hydrogen) atoms. The summed E-state index contributed by atoms with van der Waals surface area (Å²) in [5.41, 5.74) is 1.89. The first-order valence-corrected chi connectivity index (χ1v) is 6.97. The molecule has 1 fully saturated rings. The highest BCUT2D eigenvalue weighted by atomic mass is 16.3. The van der Waals surface area contributed by atoms with E-state index in [9.17, 15) is 4.79 Å². The average molecular weight is 274 g/mol. The number of rotatable bonds is 4. The van der Waals surface area contributed by atoms with Crippen molar-refractivity contribution in [3.05, 3.63) is 29.6 Å². The smallest absolute Gasteiger partial charge is 0.234 e. The van der Waals surface area contributed by atoms with E-state index in [0.29, 0.717) is 17.6 Å². The highest BCUT2D eigenvalue weighted by Gasteiger charge is 2.19. The second kappa shape index (κ2) is 5.48. The summed E-state index contributed by atoms with van der Waals surface area (Å²) in [6.07, 6.45) is 6.61. The van der Waals surface area contributed by atoms with Gasteiger partial charge in [-0.05, 0) is 19.8 Å². The van der Waals surface area contributed by atoms with Gasteiger partial charge in [-0.1, -0.05) is 12.8 Å². The Bertz CT molecular complexity index is 596. The molecule has 106 valence electrons. The van der Waals surface area contributed by atoms with Gasteiger partial charge in [-0.25, -0.2) is 4.98 Å². The van der Waals surface area contributed by atoms with Gasteiger partial charge in [0.25, 0.3) is 0 Å². The second-order valence-electron chi connectivity index (χ2n) is 5.30. The lowest BCUT2D eigenvalue weighted by Crippen LogP contribution is -2.14. The summed E-state index contributed by atoms with van der Waals surface area (Å²) in [5.74, 6) is 1.38. The lowest BCUT2D eigenvalue weighted by atomic mass is 10.0. The van der Waals surface area contributed by atoms with Gasteiger partial charge < -0.3 is 9.73 Å². The molecule has 2 aromatic heterocycles. The van der Waals surface area contributed by atoms with Crippen molar-refractivity contribution in [3.8, 4) is 0 Å². The second-order valence-corrected chi connectivity index (χ2v) is 5.30. The molecule has 3 rings (SSSR count). The van der Waals surface area contributed by atoms with Gasteiger partial charge in [0.2, 0.25) is 11.8 Å². The van der Waals surface area contributed by atoms with Crippen LogP contribution in [0.15, 0.2) is 16.7 Å². The van der Waals surface area contributed by atoms with Crippen molar-refractivity contribution in [1.82, 2.24) is 15.2 Å². The first kappa shape index (κ1) is 12.9. The van der Waals surface area contributed by atoms with Gasteiger partial charge in [0.15, 0.2) is 5.82 Å². The molecule has 0 aliphatic heterocycles. The molecule has 2 N–H and O–H groups in total. The van der Waals surface area contributed by atoms with Gasteiger partial charge in [-0.2, -0.15) is 5.10 Å². The summed E-state index contributed by atoms with van der Waals surface area (Å²) < 4.78 is 5.16. The molecule has 0 atom stereocenters. The van der Waals surface area contributed by atoms with Gasteiger partial charge in [0.1, 0.15) is 12.7 Å². The fourth-order valence-corrected chi connectivity index (χ4v) is 2.65. The normalized spacial score (nSPS) is 15.7. The first-order valence-electron chi connectivity index (χ1n) is 6.97. The topological polar surface area (TPSA) is 83.8 Å². The van der Waals surface area contributed by atoms with Crippen molar-refractivity contribution in [3.63, 3.8) is 0 Å². The Morgan fingerprint density at radius 2 is 2.30 bits per heavy atom. The minimum absolute atomic E-state index is 0.124. The molecule has 0 aromatic carbocycles. The van der Waals surface area contributed by atoms with Crippen LogP contribution in [0.1, 0.15) is 48.9 Å². The Balaban J connectivity index is 1.58. The summed E-state index contributed by atoms with van der Waals surface area (Å²) in [4.78, 5) is 16.0. The molecule has 0 saturated heterocycles. The molecule has 0 radical (unpaired) electrons. The highest BCUT2D eigenvalue weighted by Crippen LogP contribution is 2.33. The van der Waals surface area contributed by atoms with Crippen LogP contribution in [0.2, 0.25) is 0 Å². The zero-order valence-corrected chi connectivity index (χ0v) is 11.5. The van der Waals surface area contributed by atoms with Gasteiger partial charge in [0, 0.05) is 17.7 Å². The summed E-state index contributed by atoms with van der Waals surface area (Å²) in [6.45, 7) is 1.83. The number of hydrogen-bond donors (Lipinski definition) is 2. The molecule has 0 bridgehead atoms. The maximum absolute atomic E-state index is 11.9. The molecular weight excluding hydrogens is 256 g/mol. The number of hydrogen-bond acceptors (Lipinski definition) is 4. The van der Waals surface area contributed by atoms with E-state index in [0.717, 1.165) is 11.4 Å². The fraction of sp³-hybridized carbons (Fsp3) is 0.500. The summed E-state index contributed by atoms with van der Waals surface area (Å²) in [7, 11) is 0. The van der Waals surface area contributed by atoms with Gasteiger partial charge in [-0.15, -0.1) is 0 Å². The van der Waals surface area contributed by atoms with E-state index >= 15 is 0 Å². The minimum atomic E-state index is -0.170. The maximum Gasteiger partial charge on any atom is 0.234 e. The van der Waals surface area contributed by atoms with Gasteiger partial charge >= 0.3 is 0 Å². The first-order chi connectivity index (χ1) is 9.70. The molecule has 2 heterocycles. The number of carbonyl (C=O) groups excluding carboxylic acids is 1. The van der Waals surface area contributed by atoms with Crippen molar-refractivity contribution in [2.24, 2.45) is 0 Å². The van der Waals surface area contributed by atoms with Crippen LogP contribution in [0, 0.1) is 6.92 Å². The van der Waals surface area contributed by atoms with Crippen LogP contribution >= 0.6 is 0 Å². The summed E-state index contributed by atoms with van der Waals surface area (Å²) >= 11 is 0. The van der Waals surface area contributed by atoms with Gasteiger partial charge in [-0.3, -0.25) is 9.89 Å². The molecule has 0 unspecified atom stereocenters. The minimum Gasteiger partial charge on any atom is -0.448 e. The number of oxazole rings is 1. The fourth-order valence-electron chi connectivity index (χ4n) is 2.65. The molecule has 1 amide bonds. The van der Waals surface area contributed by atoms with Crippen LogP contribution in [-0.4, -0.2) is 21.1 Å². The molecule has 6 nitrogen and oxygen atoms in total. The Hall–Kier alpha value is -2.11. The standard InChI is InChI=1S/C14H18N4O2/c1-9-8-20-14(15-9)7-13(19)16-12-6-11(17-18-12)10-4-2-3-5-10/h6,8,10H,2-5,7H2,1H3,(H2,16,17,18,19). The number of aryl methyl sites for hydroxylation is 1. The van der Waals surface area contributed by atoms with E-state index in [1.807, 2.05) is 13.0 Å². The van der Waals surface area contributed by atoms with E-state index in [1.54, 1.807) is 0 Å². The molecule has 1 aliphatic rings. The number of aromatic nitrogens is 3. The van der Waals surface area contributed by atoms with Crippen molar-refractivity contribution < 1.29 is 9.21 Å². The van der Waals surface area contributed by atoms with Crippen LogP contribution in [0.5, 0.6) is 0 Å². The van der Waals surface area contributed by atoms with Crippen molar-refractivity contribution in [1.29, 1.82) is 0 Å². The Labute approximate surface area is 117 Å². The number of amides is 1. The molecule has 6 heteroatoms. The highest BCUT2D eigenvalue weighted by molar-refractivity contribution is 5.90. The average Bonchev–Trinajstić information content (AvgIpc) is 3.10. The Morgan fingerprint density at radius 1 is 1.50 bits per heavy atom. The Kier molecular flexibility index (Phi) is 3.54. The number of aromatic amines is 1. The lowest BCUT2D eigenvalue weighted by molar-refractivity contribution is -0.115. The van der Waals surface area contributed by atoms with E-state index in [-0.39, 0.29) is 12.3 Å². The quantitative estimate of drug-likeness (QED) is 0.897. The molecule has 2 aromatic rings. The van der Waals surface area contributed by atoms with E-state index in [1.165, 1.54) is 31.9 Å². The Morgan fingerprint density at radius 3 is 3.00 bits per heavy atom. The van der Waals surface area contributed by atoms with E-state index < -0.39 is 0 Å². The molecule has 0 spiro atoms. The van der Waals surface area contributed by atoms with Crippen LogP contribution < -0.4 is 5.32 Å². The zero-order valence-electron chi connectivity index (χ0n) is 11.5. The molecule has 1 saturated carbocycles. The third-order valence-corrected chi connectivity index (χ3v) is 3.64. The lowest BCUT2D eigenvalue weighted by Gasteiger charge is -2.03. The number of H-pyrrole nitrogens is 1. The van der Waals surface area contributed by atoms with Crippen LogP contribution in [0.4, 0.5) is 5.82 Å². The number of anilines is 1. The number of nitrogens with one attached hydrogen (secondary N) is 2. The van der Waals surface area contributed by atoms with E-state index in [2.05, 4.69) is 20.5 Å². The van der Waals surface area contributed by atoms with Crippen molar-refractivity contribution >= 4 is 11.7 Å². The van der Waals surface area contributed by atoms with Crippen LogP contribution in [0.25, 0.3) is 0 Å². The summed E-state index contributed by atoms with van der Waals surface area (Å²) in [6, 6.07) is 1.93. The SMILES string of the molecule is Cc1coc(CC(=O)Nc2cc(C3CCCC3)[nH]n2)n1. The molecular formula is C14H18N4O2. The molecule has 1 aliphatic carbocycles. The maximum atomic E-state index is 11.9.